The molecule has 2 heterocycles. The molecular formula is C22H21NO5S. The van der Waals surface area contributed by atoms with Gasteiger partial charge in [-0.05, 0) is 61.3 Å². The van der Waals surface area contributed by atoms with Crippen LogP contribution in [0.15, 0.2) is 23.1 Å². The second-order valence-electron chi connectivity index (χ2n) is 7.86. The number of aryl methyl sites for hydroxylation is 1. The molecule has 29 heavy (non-hydrogen) atoms. The number of aliphatic hydroxyl groups is 1. The number of hydrogen-bond donors (Lipinski definition) is 3. The van der Waals surface area contributed by atoms with Crippen LogP contribution < -0.4 is 10.2 Å². The first kappa shape index (κ1) is 18.4. The van der Waals surface area contributed by atoms with Gasteiger partial charge in [-0.15, -0.1) is 11.3 Å². The van der Waals surface area contributed by atoms with Crippen molar-refractivity contribution in [3.63, 3.8) is 0 Å². The molecule has 6 nitrogen and oxygen atoms in total. The number of ether oxygens (including phenoxy) is 1. The number of aliphatic hydroxyl groups excluding tert-OH is 1. The van der Waals surface area contributed by atoms with Crippen molar-refractivity contribution in [2.45, 2.75) is 44.1 Å². The molecule has 0 aliphatic heterocycles. The Morgan fingerprint density at radius 3 is 2.76 bits per heavy atom. The minimum Gasteiger partial charge on any atom is -0.494 e. The molecule has 1 fully saturated rings. The van der Waals surface area contributed by atoms with Gasteiger partial charge in [-0.2, -0.15) is 0 Å². The molecule has 1 atom stereocenters. The Bertz CT molecular complexity index is 1200. The van der Waals surface area contributed by atoms with Crippen LogP contribution in [-0.2, 0) is 12.8 Å². The van der Waals surface area contributed by atoms with Crippen molar-refractivity contribution in [2.24, 2.45) is 0 Å². The monoisotopic (exact) mass is 411 g/mol. The fourth-order valence-corrected chi connectivity index (χ4v) is 5.59. The van der Waals surface area contributed by atoms with E-state index in [-0.39, 0.29) is 11.7 Å². The number of benzene rings is 1. The third kappa shape index (κ3) is 2.96. The number of H-pyrrole nitrogens is 1. The quantitative estimate of drug-likeness (QED) is 0.608. The molecule has 3 N–H and O–H groups in total. The zero-order chi connectivity index (χ0) is 20.3. The highest BCUT2D eigenvalue weighted by atomic mass is 32.1. The number of carboxylic acids is 1. The average Bonchev–Trinajstić information content (AvgIpc) is 3.46. The third-order valence-corrected chi connectivity index (χ3v) is 7.17. The Morgan fingerprint density at radius 2 is 2.07 bits per heavy atom. The van der Waals surface area contributed by atoms with Crippen molar-refractivity contribution >= 4 is 28.2 Å². The Morgan fingerprint density at radius 1 is 1.28 bits per heavy atom. The van der Waals surface area contributed by atoms with Crippen LogP contribution in [0.5, 0.6) is 5.75 Å². The topological polar surface area (TPSA) is 99.6 Å². The van der Waals surface area contributed by atoms with Gasteiger partial charge in [-0.3, -0.25) is 4.79 Å². The van der Waals surface area contributed by atoms with Gasteiger partial charge in [0, 0.05) is 21.5 Å². The van der Waals surface area contributed by atoms with Gasteiger partial charge in [-0.25, -0.2) is 4.79 Å². The van der Waals surface area contributed by atoms with E-state index in [1.165, 1.54) is 16.6 Å². The number of aromatic carboxylic acids is 1. The molecule has 0 amide bonds. The standard InChI is InChI=1S/C22H21NO5S/c1-28-21-18(17-7-11-6-12(24)4-5-16(11)29-17)13(10-2-3-10)8-14-19(21)23-9-15(20(14)25)22(26)27/h7-10,12,24H,2-6H2,1H3,(H,23,25)(H,26,27). The Labute approximate surface area is 170 Å². The van der Waals surface area contributed by atoms with E-state index in [0.717, 1.165) is 41.7 Å². The normalized spacial score (nSPS) is 18.6. The van der Waals surface area contributed by atoms with Gasteiger partial charge in [-0.1, -0.05) is 0 Å². The van der Waals surface area contributed by atoms with Crippen LogP contribution in [0.2, 0.25) is 0 Å². The summed E-state index contributed by atoms with van der Waals surface area (Å²) < 4.78 is 5.78. The molecule has 7 heteroatoms. The van der Waals surface area contributed by atoms with Crippen molar-refractivity contribution in [1.29, 1.82) is 0 Å². The summed E-state index contributed by atoms with van der Waals surface area (Å²) in [6.07, 6.45) is 5.35. The van der Waals surface area contributed by atoms with Gasteiger partial charge in [0.25, 0.3) is 0 Å². The summed E-state index contributed by atoms with van der Waals surface area (Å²) in [5.41, 5.74) is 2.97. The maximum atomic E-state index is 12.8. The maximum Gasteiger partial charge on any atom is 0.341 e. The molecule has 0 saturated heterocycles. The van der Waals surface area contributed by atoms with Crippen molar-refractivity contribution in [3.8, 4) is 16.2 Å². The lowest BCUT2D eigenvalue weighted by Crippen LogP contribution is -2.16. The van der Waals surface area contributed by atoms with Crippen LogP contribution >= 0.6 is 11.3 Å². The summed E-state index contributed by atoms with van der Waals surface area (Å²) in [7, 11) is 1.58. The number of rotatable bonds is 4. The van der Waals surface area contributed by atoms with Crippen molar-refractivity contribution in [3.05, 3.63) is 50.1 Å². The summed E-state index contributed by atoms with van der Waals surface area (Å²) in [4.78, 5) is 29.6. The molecule has 2 aliphatic carbocycles. The molecule has 1 aromatic carbocycles. The van der Waals surface area contributed by atoms with Crippen LogP contribution in [0.3, 0.4) is 0 Å². The van der Waals surface area contributed by atoms with E-state index >= 15 is 0 Å². The molecule has 2 aliphatic rings. The van der Waals surface area contributed by atoms with E-state index in [0.29, 0.717) is 29.0 Å². The number of carboxylic acid groups (broad SMARTS) is 1. The predicted molar refractivity (Wildman–Crippen MR) is 111 cm³/mol. The molecule has 0 bridgehead atoms. The lowest BCUT2D eigenvalue weighted by atomic mass is 9.94. The lowest BCUT2D eigenvalue weighted by Gasteiger charge is -2.16. The van der Waals surface area contributed by atoms with Crippen molar-refractivity contribution in [2.75, 3.05) is 7.11 Å². The zero-order valence-electron chi connectivity index (χ0n) is 15.9. The Balaban J connectivity index is 1.79. The highest BCUT2D eigenvalue weighted by Crippen LogP contribution is 2.51. The van der Waals surface area contributed by atoms with Crippen LogP contribution in [0.1, 0.15) is 51.5 Å². The number of pyridine rings is 1. The fourth-order valence-electron chi connectivity index (χ4n) is 4.32. The van der Waals surface area contributed by atoms with Crippen molar-refractivity contribution in [1.82, 2.24) is 4.98 Å². The summed E-state index contributed by atoms with van der Waals surface area (Å²) in [6.45, 7) is 0. The SMILES string of the molecule is COc1c(-c2cc3c(s2)CCC(O)C3)c(C2CC2)cc2c(=O)c(C(=O)O)c[nH]c12. The number of aromatic amines is 1. The zero-order valence-corrected chi connectivity index (χ0v) is 16.8. The van der Waals surface area contributed by atoms with Crippen LogP contribution in [0.4, 0.5) is 0 Å². The predicted octanol–water partition coefficient (Wildman–Crippen LogP) is 3.69. The van der Waals surface area contributed by atoms with Gasteiger partial charge < -0.3 is 19.9 Å². The number of aromatic nitrogens is 1. The first-order valence-corrected chi connectivity index (χ1v) is 10.6. The first-order valence-electron chi connectivity index (χ1n) is 9.77. The number of hydrogen-bond acceptors (Lipinski definition) is 5. The third-order valence-electron chi connectivity index (χ3n) is 5.92. The van der Waals surface area contributed by atoms with Gasteiger partial charge >= 0.3 is 5.97 Å². The van der Waals surface area contributed by atoms with E-state index in [4.69, 9.17) is 4.74 Å². The van der Waals surface area contributed by atoms with E-state index in [9.17, 15) is 19.8 Å². The fraction of sp³-hybridized carbons (Fsp3) is 0.364. The number of nitrogens with one attached hydrogen (secondary N) is 1. The second kappa shape index (κ2) is 6.71. The van der Waals surface area contributed by atoms with E-state index in [1.807, 2.05) is 6.07 Å². The molecule has 0 radical (unpaired) electrons. The van der Waals surface area contributed by atoms with Gasteiger partial charge in [0.15, 0.2) is 5.75 Å². The Hall–Kier alpha value is -2.64. The average molecular weight is 411 g/mol. The smallest absolute Gasteiger partial charge is 0.341 e. The number of methoxy groups -OCH3 is 1. The Kier molecular flexibility index (Phi) is 4.26. The number of carbonyl (C=O) groups is 1. The molecular weight excluding hydrogens is 390 g/mol. The van der Waals surface area contributed by atoms with Crippen LogP contribution in [0, 0.1) is 0 Å². The minimum absolute atomic E-state index is 0.269. The van der Waals surface area contributed by atoms with Gasteiger partial charge in [0.1, 0.15) is 5.56 Å². The van der Waals surface area contributed by atoms with E-state index < -0.39 is 11.4 Å². The largest absolute Gasteiger partial charge is 0.494 e. The minimum atomic E-state index is -1.24. The molecule has 1 saturated carbocycles. The summed E-state index contributed by atoms with van der Waals surface area (Å²) in [6, 6.07) is 3.99. The molecule has 5 rings (SSSR count). The van der Waals surface area contributed by atoms with E-state index in [2.05, 4.69) is 11.1 Å². The first-order chi connectivity index (χ1) is 14.0. The molecule has 1 unspecified atom stereocenters. The van der Waals surface area contributed by atoms with Crippen LogP contribution in [0.25, 0.3) is 21.3 Å². The van der Waals surface area contributed by atoms with Gasteiger partial charge in [0.05, 0.1) is 24.1 Å². The lowest BCUT2D eigenvalue weighted by molar-refractivity contribution is 0.0695. The summed E-state index contributed by atoms with van der Waals surface area (Å²) in [5, 5.41) is 19.7. The molecule has 150 valence electrons. The molecule has 3 aromatic rings. The van der Waals surface area contributed by atoms with E-state index in [1.54, 1.807) is 18.4 Å². The number of fused-ring (bicyclic) bond motifs is 2. The second-order valence-corrected chi connectivity index (χ2v) is 9.00. The van der Waals surface area contributed by atoms with Gasteiger partial charge in [0.2, 0.25) is 5.43 Å². The summed E-state index contributed by atoms with van der Waals surface area (Å²) >= 11 is 1.72. The molecule has 2 aromatic heterocycles. The number of thiophene rings is 1. The van der Waals surface area contributed by atoms with Crippen LogP contribution in [-0.4, -0.2) is 34.4 Å². The highest BCUT2D eigenvalue weighted by Gasteiger charge is 2.32. The molecule has 0 spiro atoms. The maximum absolute atomic E-state index is 12.8. The highest BCUT2D eigenvalue weighted by molar-refractivity contribution is 7.15. The summed E-state index contributed by atoms with van der Waals surface area (Å²) in [5.74, 6) is -0.313. The van der Waals surface area contributed by atoms with Crippen molar-refractivity contribution < 1.29 is 19.7 Å².